The van der Waals surface area contributed by atoms with Gasteiger partial charge >= 0.3 is 6.09 Å². The minimum absolute atomic E-state index is 0.105. The molecule has 2 N–H and O–H groups in total. The van der Waals surface area contributed by atoms with Crippen LogP contribution in [0.2, 0.25) is 0 Å². The second-order valence-corrected chi connectivity index (χ2v) is 7.39. The maximum Gasteiger partial charge on any atom is 0.416 e. The fraction of sp³-hybridized carbons (Fsp3) is 0.381. The summed E-state index contributed by atoms with van der Waals surface area (Å²) in [6.07, 6.45) is 1.71. The van der Waals surface area contributed by atoms with Gasteiger partial charge in [-0.3, -0.25) is 4.90 Å². The van der Waals surface area contributed by atoms with E-state index in [1.54, 1.807) is 13.0 Å². The molecule has 3 aromatic rings. The standard InChI is InChI=1S/C21H24N6O4/c1-13(19-24-17(26-31-19)9-8-15-6-4-3-5-7-15)23-20-22-11-10-18(25-20)27-16(14(2)28)12-30-21(27)29/h3-7,10-11,13-14,16,28H,8-9,12H2,1-2H3,(H,22,23,25)/t13?,14-,16?/m1/s1. The summed E-state index contributed by atoms with van der Waals surface area (Å²) in [5.74, 6) is 1.67. The van der Waals surface area contributed by atoms with Crippen LogP contribution in [0.5, 0.6) is 0 Å². The zero-order valence-corrected chi connectivity index (χ0v) is 17.3. The number of carbonyl (C=O) groups is 1. The number of rotatable bonds is 8. The average Bonchev–Trinajstić information content (AvgIpc) is 3.40. The normalized spacial score (nSPS) is 18.0. The molecule has 10 heteroatoms. The molecule has 1 aliphatic heterocycles. The van der Waals surface area contributed by atoms with E-state index < -0.39 is 18.2 Å². The van der Waals surface area contributed by atoms with Crippen molar-refractivity contribution in [1.29, 1.82) is 0 Å². The maximum absolute atomic E-state index is 12.1. The van der Waals surface area contributed by atoms with Crippen molar-refractivity contribution in [1.82, 2.24) is 20.1 Å². The van der Waals surface area contributed by atoms with Crippen LogP contribution >= 0.6 is 0 Å². The van der Waals surface area contributed by atoms with Crippen LogP contribution in [0.25, 0.3) is 0 Å². The highest BCUT2D eigenvalue weighted by Gasteiger charge is 2.38. The number of anilines is 2. The zero-order chi connectivity index (χ0) is 21.8. The van der Waals surface area contributed by atoms with Crippen molar-refractivity contribution in [2.45, 2.75) is 44.9 Å². The summed E-state index contributed by atoms with van der Waals surface area (Å²) in [5.41, 5.74) is 1.21. The highest BCUT2D eigenvalue weighted by Crippen LogP contribution is 2.24. The van der Waals surface area contributed by atoms with Gasteiger partial charge in [-0.05, 0) is 31.9 Å². The molecule has 1 amide bonds. The molecule has 2 aromatic heterocycles. The number of cyclic esters (lactones) is 1. The van der Waals surface area contributed by atoms with Gasteiger partial charge in [0, 0.05) is 12.6 Å². The van der Waals surface area contributed by atoms with Gasteiger partial charge in [0.05, 0.1) is 6.10 Å². The van der Waals surface area contributed by atoms with Crippen LogP contribution in [0.3, 0.4) is 0 Å². The third kappa shape index (κ3) is 4.80. The maximum atomic E-state index is 12.1. The Labute approximate surface area is 179 Å². The zero-order valence-electron chi connectivity index (χ0n) is 17.3. The second kappa shape index (κ2) is 9.09. The van der Waals surface area contributed by atoms with E-state index in [-0.39, 0.29) is 18.6 Å². The topological polar surface area (TPSA) is 127 Å². The van der Waals surface area contributed by atoms with Gasteiger partial charge in [0.2, 0.25) is 11.8 Å². The summed E-state index contributed by atoms with van der Waals surface area (Å²) >= 11 is 0. The first-order chi connectivity index (χ1) is 15.0. The molecular weight excluding hydrogens is 400 g/mol. The van der Waals surface area contributed by atoms with Crippen LogP contribution in [0.15, 0.2) is 47.1 Å². The van der Waals surface area contributed by atoms with E-state index in [0.29, 0.717) is 24.0 Å². The molecule has 0 saturated carbocycles. The van der Waals surface area contributed by atoms with E-state index in [4.69, 9.17) is 9.26 Å². The van der Waals surface area contributed by atoms with E-state index in [1.165, 1.54) is 16.7 Å². The Bertz CT molecular complexity index is 1030. The fourth-order valence-corrected chi connectivity index (χ4v) is 3.31. The number of aliphatic hydroxyl groups excluding tert-OH is 1. The first-order valence-corrected chi connectivity index (χ1v) is 10.1. The van der Waals surface area contributed by atoms with Gasteiger partial charge in [-0.2, -0.15) is 9.97 Å². The van der Waals surface area contributed by atoms with Gasteiger partial charge in [-0.25, -0.2) is 9.78 Å². The number of amides is 1. The number of nitrogens with zero attached hydrogens (tertiary/aromatic N) is 5. The number of nitrogens with one attached hydrogen (secondary N) is 1. The number of carbonyl (C=O) groups excluding carboxylic acids is 1. The Balaban J connectivity index is 1.41. The SMILES string of the molecule is CC(Nc1nccc(N2C(=O)OCC2[C@@H](C)O)n1)c1nc(CCc2ccccc2)no1. The fourth-order valence-electron chi connectivity index (χ4n) is 3.31. The molecule has 0 bridgehead atoms. The Morgan fingerprint density at radius 3 is 2.77 bits per heavy atom. The van der Waals surface area contributed by atoms with E-state index in [2.05, 4.69) is 37.6 Å². The lowest BCUT2D eigenvalue weighted by molar-refractivity contribution is 0.142. The van der Waals surface area contributed by atoms with Crippen LogP contribution in [0.4, 0.5) is 16.6 Å². The van der Waals surface area contributed by atoms with Crippen LogP contribution in [0.1, 0.15) is 37.2 Å². The van der Waals surface area contributed by atoms with E-state index in [1.807, 2.05) is 25.1 Å². The molecule has 4 rings (SSSR count). The third-order valence-corrected chi connectivity index (χ3v) is 5.03. The summed E-state index contributed by atoms with van der Waals surface area (Å²) in [6, 6.07) is 10.9. The lowest BCUT2D eigenvalue weighted by atomic mass is 10.1. The highest BCUT2D eigenvalue weighted by molar-refractivity contribution is 5.89. The van der Waals surface area contributed by atoms with Gasteiger partial charge < -0.3 is 19.7 Å². The number of hydrogen-bond donors (Lipinski definition) is 2. The van der Waals surface area contributed by atoms with Gasteiger partial charge in [-0.15, -0.1) is 0 Å². The quantitative estimate of drug-likeness (QED) is 0.561. The van der Waals surface area contributed by atoms with Crippen molar-refractivity contribution in [2.24, 2.45) is 0 Å². The summed E-state index contributed by atoms with van der Waals surface area (Å²) in [6.45, 7) is 3.56. The molecule has 1 fully saturated rings. The molecule has 0 radical (unpaired) electrons. The van der Waals surface area contributed by atoms with E-state index in [9.17, 15) is 9.90 Å². The highest BCUT2D eigenvalue weighted by atomic mass is 16.6. The lowest BCUT2D eigenvalue weighted by Gasteiger charge is -2.22. The first-order valence-electron chi connectivity index (χ1n) is 10.1. The van der Waals surface area contributed by atoms with Crippen molar-refractivity contribution in [3.05, 3.63) is 59.9 Å². The molecule has 1 saturated heterocycles. The first kappa shape index (κ1) is 20.7. The van der Waals surface area contributed by atoms with Crippen molar-refractivity contribution in [2.75, 3.05) is 16.8 Å². The van der Waals surface area contributed by atoms with Gasteiger partial charge in [0.1, 0.15) is 24.5 Å². The van der Waals surface area contributed by atoms with Crippen molar-refractivity contribution < 1.29 is 19.2 Å². The number of benzene rings is 1. The predicted molar refractivity (Wildman–Crippen MR) is 112 cm³/mol. The van der Waals surface area contributed by atoms with Crippen LogP contribution < -0.4 is 10.2 Å². The largest absolute Gasteiger partial charge is 0.447 e. The molecule has 10 nitrogen and oxygen atoms in total. The monoisotopic (exact) mass is 424 g/mol. The summed E-state index contributed by atoms with van der Waals surface area (Å²) in [5, 5.41) is 17.1. The Hall–Kier alpha value is -3.53. The molecule has 0 aliphatic carbocycles. The molecule has 3 heterocycles. The molecule has 2 unspecified atom stereocenters. The Morgan fingerprint density at radius 1 is 1.19 bits per heavy atom. The Kier molecular flexibility index (Phi) is 6.08. The van der Waals surface area contributed by atoms with Crippen LogP contribution in [0, 0.1) is 0 Å². The number of aryl methyl sites for hydroxylation is 2. The lowest BCUT2D eigenvalue weighted by Crippen LogP contribution is -2.41. The molecule has 1 aliphatic rings. The van der Waals surface area contributed by atoms with Crippen LogP contribution in [-0.4, -0.2) is 50.1 Å². The van der Waals surface area contributed by atoms with Crippen molar-refractivity contribution >= 4 is 17.9 Å². The number of aromatic nitrogens is 4. The number of ether oxygens (including phenoxy) is 1. The third-order valence-electron chi connectivity index (χ3n) is 5.03. The van der Waals surface area contributed by atoms with Gasteiger partial charge in [0.15, 0.2) is 5.82 Å². The Morgan fingerprint density at radius 2 is 2.00 bits per heavy atom. The van der Waals surface area contributed by atoms with Gasteiger partial charge in [0.25, 0.3) is 0 Å². The summed E-state index contributed by atoms with van der Waals surface area (Å²) in [7, 11) is 0. The van der Waals surface area contributed by atoms with Gasteiger partial charge in [-0.1, -0.05) is 35.5 Å². The predicted octanol–water partition coefficient (Wildman–Crippen LogP) is 2.52. The summed E-state index contributed by atoms with van der Waals surface area (Å²) < 4.78 is 10.4. The average molecular weight is 424 g/mol. The summed E-state index contributed by atoms with van der Waals surface area (Å²) in [4.78, 5) is 26.5. The second-order valence-electron chi connectivity index (χ2n) is 7.39. The minimum Gasteiger partial charge on any atom is -0.447 e. The molecule has 1 aromatic carbocycles. The van der Waals surface area contributed by atoms with Crippen LogP contribution in [-0.2, 0) is 17.6 Å². The molecule has 162 valence electrons. The molecule has 3 atom stereocenters. The van der Waals surface area contributed by atoms with E-state index in [0.717, 1.165) is 6.42 Å². The molecule has 31 heavy (non-hydrogen) atoms. The van der Waals surface area contributed by atoms with E-state index >= 15 is 0 Å². The molecule has 0 spiro atoms. The minimum atomic E-state index is -0.760. The van der Waals surface area contributed by atoms with Crippen molar-refractivity contribution in [3.8, 4) is 0 Å². The number of hydrogen-bond acceptors (Lipinski definition) is 9. The smallest absolute Gasteiger partial charge is 0.416 e. The van der Waals surface area contributed by atoms with Crippen molar-refractivity contribution in [3.63, 3.8) is 0 Å². The number of aliphatic hydroxyl groups is 1. The molecular formula is C21H24N6O4.